The van der Waals surface area contributed by atoms with E-state index in [1.807, 2.05) is 30.3 Å². The highest BCUT2D eigenvalue weighted by Gasteiger charge is 2.33. The molecule has 4 rings (SSSR count). The summed E-state index contributed by atoms with van der Waals surface area (Å²) in [5.41, 5.74) is 3.70. The van der Waals surface area contributed by atoms with Gasteiger partial charge in [0.25, 0.3) is 0 Å². The number of sulfonamides is 1. The van der Waals surface area contributed by atoms with E-state index in [0.717, 1.165) is 22.3 Å². The van der Waals surface area contributed by atoms with E-state index >= 15 is 0 Å². The van der Waals surface area contributed by atoms with Crippen LogP contribution in [-0.4, -0.2) is 60.6 Å². The van der Waals surface area contributed by atoms with Crippen LogP contribution in [0.4, 0.5) is 5.95 Å². The molecular weight excluding hydrogens is 533 g/mol. The van der Waals surface area contributed by atoms with Crippen LogP contribution in [0.25, 0.3) is 11.1 Å². The van der Waals surface area contributed by atoms with Crippen LogP contribution in [-0.2, 0) is 15.4 Å². The Morgan fingerprint density at radius 1 is 1.14 bits per heavy atom. The van der Waals surface area contributed by atoms with Crippen LogP contribution in [0, 0.1) is 11.3 Å². The van der Waals surface area contributed by atoms with Crippen molar-refractivity contribution in [3.63, 3.8) is 0 Å². The summed E-state index contributed by atoms with van der Waals surface area (Å²) in [5.74, 6) is 1.11. The lowest BCUT2D eigenvalue weighted by Gasteiger charge is -2.37. The van der Waals surface area contributed by atoms with Gasteiger partial charge in [0.2, 0.25) is 16.0 Å². The summed E-state index contributed by atoms with van der Waals surface area (Å²) in [6.45, 7) is 5.23. The maximum Gasteiger partial charge on any atom is 0.222 e. The first-order chi connectivity index (χ1) is 17.5. The molecule has 3 aromatic rings. The molecule has 1 saturated heterocycles. The molecule has 0 bridgehead atoms. The summed E-state index contributed by atoms with van der Waals surface area (Å²) < 4.78 is 30.0. The molecule has 0 saturated carbocycles. The van der Waals surface area contributed by atoms with Crippen LogP contribution in [0.1, 0.15) is 30.5 Å². The zero-order chi connectivity index (χ0) is 26.8. The quantitative estimate of drug-likeness (QED) is 0.379. The van der Waals surface area contributed by atoms with Crippen molar-refractivity contribution in [3.05, 3.63) is 70.5 Å². The molecule has 0 atom stereocenters. The van der Waals surface area contributed by atoms with E-state index in [1.54, 1.807) is 18.5 Å². The third-order valence-corrected chi connectivity index (χ3v) is 8.12. The monoisotopic (exact) mass is 559 g/mol. The first kappa shape index (κ1) is 27.1. The van der Waals surface area contributed by atoms with Gasteiger partial charge in [-0.1, -0.05) is 49.7 Å². The summed E-state index contributed by atoms with van der Waals surface area (Å²) >= 11 is 12.2. The zero-order valence-electron chi connectivity index (χ0n) is 20.7. The van der Waals surface area contributed by atoms with Crippen molar-refractivity contribution in [2.75, 3.05) is 37.1 Å². The Morgan fingerprint density at radius 3 is 2.35 bits per heavy atom. The second-order valence-electron chi connectivity index (χ2n) is 9.40. The molecule has 0 aliphatic carbocycles. The van der Waals surface area contributed by atoms with Gasteiger partial charge in [-0.05, 0) is 28.8 Å². The number of rotatable bonds is 9. The van der Waals surface area contributed by atoms with Crippen LogP contribution < -0.4 is 10.1 Å². The van der Waals surface area contributed by atoms with Crippen molar-refractivity contribution in [1.82, 2.24) is 14.3 Å². The van der Waals surface area contributed by atoms with Gasteiger partial charge in [-0.15, -0.1) is 11.6 Å². The lowest BCUT2D eigenvalue weighted by atomic mass is 9.77. The number of anilines is 1. The molecular formula is C26H27Cl2N5O3S. The highest BCUT2D eigenvalue weighted by atomic mass is 35.5. The molecule has 2 aromatic carbocycles. The van der Waals surface area contributed by atoms with Gasteiger partial charge in [-0.2, -0.15) is 9.57 Å². The van der Waals surface area contributed by atoms with Crippen LogP contribution in [0.2, 0.25) is 5.02 Å². The van der Waals surface area contributed by atoms with Gasteiger partial charge in [-0.3, -0.25) is 0 Å². The van der Waals surface area contributed by atoms with E-state index in [2.05, 4.69) is 35.2 Å². The smallest absolute Gasteiger partial charge is 0.222 e. The van der Waals surface area contributed by atoms with E-state index in [0.29, 0.717) is 41.3 Å². The Bertz CT molecular complexity index is 1420. The van der Waals surface area contributed by atoms with Gasteiger partial charge in [-0.25, -0.2) is 18.4 Å². The summed E-state index contributed by atoms with van der Waals surface area (Å²) in [6, 6.07) is 13.9. The number of benzene rings is 2. The molecule has 8 nitrogen and oxygen atoms in total. The van der Waals surface area contributed by atoms with Crippen LogP contribution in [0.5, 0.6) is 5.75 Å². The maximum absolute atomic E-state index is 11.5. The van der Waals surface area contributed by atoms with Crippen LogP contribution >= 0.6 is 23.2 Å². The normalized spacial score (nSPS) is 14.6. The molecule has 1 fully saturated rings. The summed E-state index contributed by atoms with van der Waals surface area (Å²) in [7, 11) is -3.16. The van der Waals surface area contributed by atoms with E-state index in [4.69, 9.17) is 27.9 Å². The molecule has 2 heterocycles. The lowest BCUT2D eigenvalue weighted by Crippen LogP contribution is -2.56. The van der Waals surface area contributed by atoms with Crippen molar-refractivity contribution in [2.24, 2.45) is 0 Å². The van der Waals surface area contributed by atoms with E-state index < -0.39 is 15.4 Å². The summed E-state index contributed by atoms with van der Waals surface area (Å²) in [5, 5.41) is 13.2. The number of aromatic nitrogens is 2. The van der Waals surface area contributed by atoms with Crippen molar-refractivity contribution < 1.29 is 13.2 Å². The van der Waals surface area contributed by atoms with E-state index in [9.17, 15) is 13.7 Å². The number of hydrogen-bond acceptors (Lipinski definition) is 7. The number of nitrogens with zero attached hydrogens (tertiary/aromatic N) is 4. The number of nitriles is 1. The third-order valence-electron chi connectivity index (χ3n) is 6.45. The number of ether oxygens (including phenoxy) is 1. The fourth-order valence-corrected chi connectivity index (χ4v) is 5.36. The number of halogens is 2. The van der Waals surface area contributed by atoms with Crippen molar-refractivity contribution >= 4 is 39.2 Å². The van der Waals surface area contributed by atoms with E-state index in [1.165, 1.54) is 10.6 Å². The zero-order valence-corrected chi connectivity index (χ0v) is 23.0. The summed E-state index contributed by atoms with van der Waals surface area (Å²) in [6.07, 6.45) is 4.68. The molecule has 37 heavy (non-hydrogen) atoms. The van der Waals surface area contributed by atoms with Gasteiger partial charge in [0.1, 0.15) is 12.7 Å². The van der Waals surface area contributed by atoms with Gasteiger partial charge >= 0.3 is 0 Å². The number of hydrogen-bond donors (Lipinski definition) is 1. The largest absolute Gasteiger partial charge is 0.489 e. The molecule has 1 N–H and O–H groups in total. The lowest BCUT2D eigenvalue weighted by molar-refractivity contribution is 0.282. The minimum absolute atomic E-state index is 0.00176. The predicted octanol–water partition coefficient (Wildman–Crippen LogP) is 4.67. The molecule has 0 amide bonds. The third kappa shape index (κ3) is 5.99. The Balaban J connectivity index is 1.47. The van der Waals surface area contributed by atoms with Gasteiger partial charge < -0.3 is 10.1 Å². The van der Waals surface area contributed by atoms with Gasteiger partial charge in [0, 0.05) is 36.5 Å². The van der Waals surface area contributed by atoms with E-state index in [-0.39, 0.29) is 12.6 Å². The number of nitrogens with one attached hydrogen (secondary N) is 1. The fourth-order valence-electron chi connectivity index (χ4n) is 4.11. The molecule has 11 heteroatoms. The maximum atomic E-state index is 11.5. The molecule has 1 aliphatic rings. The first-order valence-electron chi connectivity index (χ1n) is 11.6. The Labute approximate surface area is 227 Å². The highest BCUT2D eigenvalue weighted by Crippen LogP contribution is 2.38. The molecule has 194 valence electrons. The Kier molecular flexibility index (Phi) is 7.95. The molecule has 1 aliphatic heterocycles. The molecule has 0 unspecified atom stereocenters. The predicted molar refractivity (Wildman–Crippen MR) is 146 cm³/mol. The molecule has 0 spiro atoms. The Hall–Kier alpha value is -2.90. The van der Waals surface area contributed by atoms with Crippen LogP contribution in [0.15, 0.2) is 48.8 Å². The SMILES string of the molecule is CC(C)(c1ccc(-c2cnc(NC3CN(S(C)(=O)=O)C3)nc2)cc1)c1cc(Cl)c(OCCCl)c(C#N)c1. The average Bonchev–Trinajstić information content (AvgIpc) is 2.84. The second-order valence-corrected chi connectivity index (χ2v) is 12.2. The Morgan fingerprint density at radius 2 is 1.78 bits per heavy atom. The topological polar surface area (TPSA) is 108 Å². The summed E-state index contributed by atoms with van der Waals surface area (Å²) in [4.78, 5) is 8.77. The minimum Gasteiger partial charge on any atom is -0.489 e. The van der Waals surface area contributed by atoms with Gasteiger partial charge in [0.05, 0.1) is 28.8 Å². The van der Waals surface area contributed by atoms with Crippen molar-refractivity contribution in [1.29, 1.82) is 5.26 Å². The van der Waals surface area contributed by atoms with Crippen molar-refractivity contribution in [3.8, 4) is 22.9 Å². The number of alkyl halides is 1. The molecule has 1 aromatic heterocycles. The van der Waals surface area contributed by atoms with Crippen LogP contribution in [0.3, 0.4) is 0 Å². The van der Waals surface area contributed by atoms with Gasteiger partial charge in [0.15, 0.2) is 5.75 Å². The second kappa shape index (κ2) is 10.8. The minimum atomic E-state index is -3.16. The highest BCUT2D eigenvalue weighted by molar-refractivity contribution is 7.88. The fraction of sp³-hybridized carbons (Fsp3) is 0.346. The first-order valence-corrected chi connectivity index (χ1v) is 14.4. The standard InChI is InChI=1S/C26H27Cl2N5O3S/c1-26(2,21-10-18(12-29)24(23(28)11-21)36-9-8-27)20-6-4-17(5-7-20)19-13-30-25(31-14-19)32-22-15-33(16-22)37(3,34)35/h4-7,10-11,13-14,22H,8-9,15-16H2,1-3H3,(H,30,31,32). The molecule has 0 radical (unpaired) electrons. The van der Waals surface area contributed by atoms with Crippen molar-refractivity contribution in [2.45, 2.75) is 25.3 Å². The average molecular weight is 561 g/mol.